The molecule has 1 heterocycles. The van der Waals surface area contributed by atoms with Crippen LogP contribution in [0.4, 0.5) is 0 Å². The molecule has 4 atom stereocenters. The van der Waals surface area contributed by atoms with Crippen LogP contribution in [0.5, 0.6) is 0 Å². The highest BCUT2D eigenvalue weighted by atomic mass is 16.5. The van der Waals surface area contributed by atoms with Crippen molar-refractivity contribution in [2.24, 2.45) is 17.6 Å². The SMILES string of the molecule is NCC1CCCC2(CCC3CC32)O1. The highest BCUT2D eigenvalue weighted by molar-refractivity contribution is 5.09. The number of fused-ring (bicyclic) bond motifs is 2. The first-order chi connectivity index (χ1) is 6.34. The molecule has 1 saturated heterocycles. The highest BCUT2D eigenvalue weighted by Gasteiger charge is 2.59. The Labute approximate surface area is 79.8 Å². The third kappa shape index (κ3) is 1.15. The van der Waals surface area contributed by atoms with Crippen LogP contribution >= 0.6 is 0 Å². The van der Waals surface area contributed by atoms with E-state index in [9.17, 15) is 0 Å². The van der Waals surface area contributed by atoms with Gasteiger partial charge in [-0.2, -0.15) is 0 Å². The summed E-state index contributed by atoms with van der Waals surface area (Å²) in [6.45, 7) is 0.721. The number of rotatable bonds is 1. The summed E-state index contributed by atoms with van der Waals surface area (Å²) in [6, 6.07) is 0. The predicted molar refractivity (Wildman–Crippen MR) is 51.3 cm³/mol. The van der Waals surface area contributed by atoms with Gasteiger partial charge in [0.05, 0.1) is 11.7 Å². The molecule has 0 bridgehead atoms. The monoisotopic (exact) mass is 181 g/mol. The van der Waals surface area contributed by atoms with Crippen molar-refractivity contribution in [3.63, 3.8) is 0 Å². The zero-order valence-corrected chi connectivity index (χ0v) is 8.17. The molecule has 1 spiro atoms. The number of ether oxygens (including phenoxy) is 1. The smallest absolute Gasteiger partial charge is 0.0717 e. The Hall–Kier alpha value is -0.0800. The molecule has 1 aliphatic heterocycles. The molecule has 3 fully saturated rings. The molecule has 2 N–H and O–H groups in total. The van der Waals surface area contributed by atoms with E-state index in [1.165, 1.54) is 38.5 Å². The lowest BCUT2D eigenvalue weighted by Gasteiger charge is -2.40. The van der Waals surface area contributed by atoms with E-state index >= 15 is 0 Å². The molecular weight excluding hydrogens is 162 g/mol. The predicted octanol–water partition coefficient (Wildman–Crippen LogP) is 1.68. The van der Waals surface area contributed by atoms with E-state index in [2.05, 4.69) is 0 Å². The minimum absolute atomic E-state index is 0.299. The zero-order chi connectivity index (χ0) is 8.89. The average molecular weight is 181 g/mol. The van der Waals surface area contributed by atoms with E-state index in [0.29, 0.717) is 11.7 Å². The average Bonchev–Trinajstić information content (AvgIpc) is 2.89. The van der Waals surface area contributed by atoms with Gasteiger partial charge in [-0.25, -0.2) is 0 Å². The van der Waals surface area contributed by atoms with Crippen molar-refractivity contribution in [3.8, 4) is 0 Å². The van der Waals surface area contributed by atoms with E-state index in [0.717, 1.165) is 18.4 Å². The molecule has 0 aromatic heterocycles. The van der Waals surface area contributed by atoms with Gasteiger partial charge in [-0.1, -0.05) is 0 Å². The summed E-state index contributed by atoms with van der Waals surface area (Å²) in [4.78, 5) is 0. The molecule has 0 radical (unpaired) electrons. The Morgan fingerprint density at radius 1 is 1.31 bits per heavy atom. The van der Waals surface area contributed by atoms with Crippen LogP contribution < -0.4 is 5.73 Å². The quantitative estimate of drug-likeness (QED) is 0.668. The maximum atomic E-state index is 6.21. The summed E-state index contributed by atoms with van der Waals surface area (Å²) in [7, 11) is 0. The first-order valence-electron chi connectivity index (χ1n) is 5.72. The standard InChI is InChI=1S/C11H19NO/c12-7-9-2-1-4-11(13-9)5-3-8-6-10(8)11/h8-10H,1-7,12H2. The molecule has 0 amide bonds. The Kier molecular flexibility index (Phi) is 1.72. The van der Waals surface area contributed by atoms with E-state index < -0.39 is 0 Å². The summed E-state index contributed by atoms with van der Waals surface area (Å²) in [5.41, 5.74) is 5.99. The van der Waals surface area contributed by atoms with Crippen molar-refractivity contribution in [1.82, 2.24) is 0 Å². The number of nitrogens with two attached hydrogens (primary N) is 1. The van der Waals surface area contributed by atoms with E-state index in [1.54, 1.807) is 0 Å². The summed E-state index contributed by atoms with van der Waals surface area (Å²) in [6.07, 6.45) is 8.39. The molecule has 74 valence electrons. The maximum absolute atomic E-state index is 6.21. The van der Waals surface area contributed by atoms with Crippen LogP contribution in [0.3, 0.4) is 0 Å². The molecule has 13 heavy (non-hydrogen) atoms. The molecule has 3 rings (SSSR count). The van der Waals surface area contributed by atoms with Gasteiger partial charge in [-0.05, 0) is 50.4 Å². The van der Waals surface area contributed by atoms with Gasteiger partial charge < -0.3 is 10.5 Å². The Bertz CT molecular complexity index is 218. The largest absolute Gasteiger partial charge is 0.370 e. The van der Waals surface area contributed by atoms with Crippen LogP contribution in [0.1, 0.15) is 38.5 Å². The second-order valence-electron chi connectivity index (χ2n) is 5.07. The number of hydrogen-bond acceptors (Lipinski definition) is 2. The topological polar surface area (TPSA) is 35.2 Å². The molecular formula is C11H19NO. The van der Waals surface area contributed by atoms with Crippen molar-refractivity contribution in [3.05, 3.63) is 0 Å². The fourth-order valence-electron chi connectivity index (χ4n) is 3.53. The summed E-state index contributed by atoms with van der Waals surface area (Å²) in [5, 5.41) is 0. The lowest BCUT2D eigenvalue weighted by atomic mass is 9.87. The van der Waals surface area contributed by atoms with E-state index in [1.807, 2.05) is 0 Å². The van der Waals surface area contributed by atoms with Crippen molar-refractivity contribution >= 4 is 0 Å². The minimum Gasteiger partial charge on any atom is -0.370 e. The first kappa shape index (κ1) is 8.25. The van der Waals surface area contributed by atoms with Crippen molar-refractivity contribution < 1.29 is 4.74 Å². The summed E-state index contributed by atoms with van der Waals surface area (Å²) >= 11 is 0. The van der Waals surface area contributed by atoms with Crippen LogP contribution in [-0.4, -0.2) is 18.2 Å². The molecule has 3 aliphatic rings. The molecule has 2 heteroatoms. The van der Waals surface area contributed by atoms with Crippen LogP contribution in [0.15, 0.2) is 0 Å². The Morgan fingerprint density at radius 3 is 2.85 bits per heavy atom. The van der Waals surface area contributed by atoms with E-state index in [4.69, 9.17) is 10.5 Å². The van der Waals surface area contributed by atoms with Gasteiger partial charge in [0.15, 0.2) is 0 Å². The summed E-state index contributed by atoms with van der Waals surface area (Å²) < 4.78 is 6.21. The van der Waals surface area contributed by atoms with Crippen LogP contribution in [0.25, 0.3) is 0 Å². The Morgan fingerprint density at radius 2 is 2.23 bits per heavy atom. The molecule has 2 saturated carbocycles. The molecule has 4 unspecified atom stereocenters. The molecule has 0 aromatic carbocycles. The molecule has 2 aliphatic carbocycles. The van der Waals surface area contributed by atoms with Gasteiger partial charge in [0.2, 0.25) is 0 Å². The van der Waals surface area contributed by atoms with Crippen LogP contribution in [0.2, 0.25) is 0 Å². The van der Waals surface area contributed by atoms with Crippen molar-refractivity contribution in [2.45, 2.75) is 50.2 Å². The van der Waals surface area contributed by atoms with Gasteiger partial charge in [-0.15, -0.1) is 0 Å². The van der Waals surface area contributed by atoms with Crippen LogP contribution in [-0.2, 0) is 4.74 Å². The van der Waals surface area contributed by atoms with Gasteiger partial charge in [0, 0.05) is 6.54 Å². The Balaban J connectivity index is 1.75. The zero-order valence-electron chi connectivity index (χ0n) is 8.17. The van der Waals surface area contributed by atoms with Crippen molar-refractivity contribution in [2.75, 3.05) is 6.54 Å². The van der Waals surface area contributed by atoms with Crippen LogP contribution in [0, 0.1) is 11.8 Å². The second-order valence-corrected chi connectivity index (χ2v) is 5.07. The van der Waals surface area contributed by atoms with Gasteiger partial charge >= 0.3 is 0 Å². The second kappa shape index (κ2) is 2.71. The first-order valence-corrected chi connectivity index (χ1v) is 5.72. The lowest BCUT2D eigenvalue weighted by molar-refractivity contribution is -0.133. The maximum Gasteiger partial charge on any atom is 0.0717 e. The third-order valence-corrected chi connectivity index (χ3v) is 4.33. The molecule has 0 aromatic rings. The third-order valence-electron chi connectivity index (χ3n) is 4.33. The fraction of sp³-hybridized carbons (Fsp3) is 1.00. The normalized spacial score (nSPS) is 53.8. The van der Waals surface area contributed by atoms with Gasteiger partial charge in [0.1, 0.15) is 0 Å². The van der Waals surface area contributed by atoms with Gasteiger partial charge in [-0.3, -0.25) is 0 Å². The van der Waals surface area contributed by atoms with Crippen molar-refractivity contribution in [1.29, 1.82) is 0 Å². The van der Waals surface area contributed by atoms with Gasteiger partial charge in [0.25, 0.3) is 0 Å². The summed E-state index contributed by atoms with van der Waals surface area (Å²) in [5.74, 6) is 1.94. The minimum atomic E-state index is 0.299. The fourth-order valence-corrected chi connectivity index (χ4v) is 3.53. The molecule has 2 nitrogen and oxygen atoms in total. The van der Waals surface area contributed by atoms with E-state index in [-0.39, 0.29) is 0 Å². The number of hydrogen-bond donors (Lipinski definition) is 1. The highest BCUT2D eigenvalue weighted by Crippen LogP contribution is 2.61. The lowest BCUT2D eigenvalue weighted by Crippen LogP contribution is -2.43.